The maximum absolute atomic E-state index is 12.2. The van der Waals surface area contributed by atoms with Crippen molar-refractivity contribution in [2.24, 2.45) is 5.92 Å². The predicted molar refractivity (Wildman–Crippen MR) is 118 cm³/mol. The standard InChI is InChI=1S/C23H29N3O4/c1-16(2)23(28)26-19-6-3-5-18(13-19)24-14-22(27)25-17-8-10-20(11-9-17)30-15-21-7-4-12-29-21/h3,5-6,8-11,13,16,21,24H,4,7,12,14-15H2,1-2H3,(H,25,27)(H,26,28). The summed E-state index contributed by atoms with van der Waals surface area (Å²) in [5, 5.41) is 8.76. The molecular weight excluding hydrogens is 382 g/mol. The van der Waals surface area contributed by atoms with Crippen molar-refractivity contribution >= 4 is 28.9 Å². The van der Waals surface area contributed by atoms with E-state index in [1.807, 2.05) is 56.3 Å². The molecule has 1 atom stereocenters. The molecule has 160 valence electrons. The summed E-state index contributed by atoms with van der Waals surface area (Å²) in [4.78, 5) is 24.0. The quantitative estimate of drug-likeness (QED) is 0.583. The van der Waals surface area contributed by atoms with Gasteiger partial charge in [-0.05, 0) is 55.3 Å². The van der Waals surface area contributed by atoms with E-state index >= 15 is 0 Å². The van der Waals surface area contributed by atoms with E-state index in [2.05, 4.69) is 16.0 Å². The third-order valence-corrected chi connectivity index (χ3v) is 4.71. The molecule has 30 heavy (non-hydrogen) atoms. The van der Waals surface area contributed by atoms with Gasteiger partial charge in [-0.25, -0.2) is 0 Å². The molecule has 0 radical (unpaired) electrons. The van der Waals surface area contributed by atoms with Crippen molar-refractivity contribution in [1.29, 1.82) is 0 Å². The summed E-state index contributed by atoms with van der Waals surface area (Å²) in [6, 6.07) is 14.6. The molecule has 0 aromatic heterocycles. The van der Waals surface area contributed by atoms with E-state index in [0.29, 0.717) is 18.0 Å². The van der Waals surface area contributed by atoms with Gasteiger partial charge in [0.15, 0.2) is 0 Å². The molecule has 1 unspecified atom stereocenters. The van der Waals surface area contributed by atoms with Gasteiger partial charge in [-0.1, -0.05) is 19.9 Å². The topological polar surface area (TPSA) is 88.7 Å². The van der Waals surface area contributed by atoms with Gasteiger partial charge in [-0.15, -0.1) is 0 Å². The van der Waals surface area contributed by atoms with E-state index in [1.165, 1.54) is 0 Å². The number of hydrogen-bond donors (Lipinski definition) is 3. The number of carbonyl (C=O) groups is 2. The monoisotopic (exact) mass is 411 g/mol. The summed E-state index contributed by atoms with van der Waals surface area (Å²) in [7, 11) is 0. The van der Waals surface area contributed by atoms with Crippen molar-refractivity contribution < 1.29 is 19.1 Å². The molecule has 7 heteroatoms. The smallest absolute Gasteiger partial charge is 0.243 e. The summed E-state index contributed by atoms with van der Waals surface area (Å²) in [6.07, 6.45) is 2.30. The van der Waals surface area contributed by atoms with Crippen molar-refractivity contribution in [1.82, 2.24) is 0 Å². The van der Waals surface area contributed by atoms with Crippen LogP contribution in [0.4, 0.5) is 17.1 Å². The molecule has 0 bridgehead atoms. The molecule has 1 saturated heterocycles. The number of anilines is 3. The lowest BCUT2D eigenvalue weighted by Gasteiger charge is -2.12. The fourth-order valence-electron chi connectivity index (χ4n) is 2.98. The SMILES string of the molecule is CC(C)C(=O)Nc1cccc(NCC(=O)Nc2ccc(OCC3CCCO3)cc2)c1. The number of hydrogen-bond acceptors (Lipinski definition) is 5. The van der Waals surface area contributed by atoms with Gasteiger partial charge < -0.3 is 25.4 Å². The fourth-order valence-corrected chi connectivity index (χ4v) is 2.98. The Morgan fingerprint density at radius 1 is 1.07 bits per heavy atom. The predicted octanol–water partition coefficient (Wildman–Crippen LogP) is 3.89. The first-order chi connectivity index (χ1) is 14.5. The highest BCUT2D eigenvalue weighted by Gasteiger charge is 2.16. The molecule has 1 fully saturated rings. The molecule has 1 heterocycles. The average molecular weight is 412 g/mol. The summed E-state index contributed by atoms with van der Waals surface area (Å²) < 4.78 is 11.3. The van der Waals surface area contributed by atoms with Gasteiger partial charge in [0.25, 0.3) is 0 Å². The van der Waals surface area contributed by atoms with Crippen molar-refractivity contribution in [3.05, 3.63) is 48.5 Å². The lowest BCUT2D eigenvalue weighted by molar-refractivity contribution is -0.119. The summed E-state index contributed by atoms with van der Waals surface area (Å²) in [6.45, 7) is 5.14. The Kier molecular flexibility index (Phi) is 7.68. The van der Waals surface area contributed by atoms with Gasteiger partial charge in [0.1, 0.15) is 12.4 Å². The van der Waals surface area contributed by atoms with E-state index in [9.17, 15) is 9.59 Å². The van der Waals surface area contributed by atoms with E-state index < -0.39 is 0 Å². The van der Waals surface area contributed by atoms with Gasteiger partial charge in [-0.2, -0.15) is 0 Å². The van der Waals surface area contributed by atoms with E-state index in [4.69, 9.17) is 9.47 Å². The summed E-state index contributed by atoms with van der Waals surface area (Å²) in [5.41, 5.74) is 2.14. The molecule has 1 aliphatic rings. The number of benzene rings is 2. The second kappa shape index (κ2) is 10.6. The molecule has 0 aliphatic carbocycles. The van der Waals surface area contributed by atoms with E-state index in [-0.39, 0.29) is 30.4 Å². The van der Waals surface area contributed by atoms with Gasteiger partial charge in [0.2, 0.25) is 11.8 Å². The van der Waals surface area contributed by atoms with Crippen LogP contribution in [-0.4, -0.2) is 37.7 Å². The van der Waals surface area contributed by atoms with Crippen LogP contribution in [0.3, 0.4) is 0 Å². The lowest BCUT2D eigenvalue weighted by Crippen LogP contribution is -2.22. The van der Waals surface area contributed by atoms with E-state index in [0.717, 1.165) is 30.9 Å². The highest BCUT2D eigenvalue weighted by molar-refractivity contribution is 5.94. The van der Waals surface area contributed by atoms with Crippen LogP contribution in [0.1, 0.15) is 26.7 Å². The normalized spacial score (nSPS) is 15.6. The molecular formula is C23H29N3O4. The third-order valence-electron chi connectivity index (χ3n) is 4.71. The highest BCUT2D eigenvalue weighted by atomic mass is 16.5. The van der Waals surface area contributed by atoms with Gasteiger partial charge in [0, 0.05) is 29.6 Å². The Balaban J connectivity index is 1.43. The molecule has 1 aliphatic heterocycles. The van der Waals surface area contributed by atoms with E-state index in [1.54, 1.807) is 6.07 Å². The minimum absolute atomic E-state index is 0.0481. The Bertz CT molecular complexity index is 846. The van der Waals surface area contributed by atoms with Crippen LogP contribution in [0.25, 0.3) is 0 Å². The minimum atomic E-state index is -0.167. The molecule has 3 N–H and O–H groups in total. The fraction of sp³-hybridized carbons (Fsp3) is 0.391. The molecule has 0 spiro atoms. The van der Waals surface area contributed by atoms with Crippen molar-refractivity contribution in [3.63, 3.8) is 0 Å². The van der Waals surface area contributed by atoms with Gasteiger partial charge >= 0.3 is 0 Å². The van der Waals surface area contributed by atoms with Crippen LogP contribution >= 0.6 is 0 Å². The maximum atomic E-state index is 12.2. The first-order valence-corrected chi connectivity index (χ1v) is 10.3. The van der Waals surface area contributed by atoms with Crippen molar-refractivity contribution in [2.75, 3.05) is 35.7 Å². The molecule has 2 aromatic rings. The first kappa shape index (κ1) is 21.6. The molecule has 2 amide bonds. The van der Waals surface area contributed by atoms with Crippen LogP contribution in [0.15, 0.2) is 48.5 Å². The molecule has 7 nitrogen and oxygen atoms in total. The second-order valence-electron chi connectivity index (χ2n) is 7.60. The van der Waals surface area contributed by atoms with Crippen molar-refractivity contribution in [2.45, 2.75) is 32.8 Å². The third kappa shape index (κ3) is 6.77. The average Bonchev–Trinajstić information content (AvgIpc) is 3.26. The van der Waals surface area contributed by atoms with Gasteiger partial charge in [0.05, 0.1) is 12.6 Å². The largest absolute Gasteiger partial charge is 0.491 e. The van der Waals surface area contributed by atoms with Crippen molar-refractivity contribution in [3.8, 4) is 5.75 Å². The van der Waals surface area contributed by atoms with Gasteiger partial charge in [-0.3, -0.25) is 9.59 Å². The number of nitrogens with one attached hydrogen (secondary N) is 3. The Labute approximate surface area is 177 Å². The summed E-state index contributed by atoms with van der Waals surface area (Å²) >= 11 is 0. The second-order valence-corrected chi connectivity index (χ2v) is 7.60. The summed E-state index contributed by atoms with van der Waals surface area (Å²) in [5.74, 6) is 0.440. The highest BCUT2D eigenvalue weighted by Crippen LogP contribution is 2.19. The zero-order valence-electron chi connectivity index (χ0n) is 17.4. The molecule has 3 rings (SSSR count). The van der Waals surface area contributed by atoms with Crippen LogP contribution < -0.4 is 20.7 Å². The Morgan fingerprint density at radius 3 is 2.53 bits per heavy atom. The van der Waals surface area contributed by atoms with Crippen LogP contribution in [0.5, 0.6) is 5.75 Å². The van der Waals surface area contributed by atoms with Crippen LogP contribution in [0, 0.1) is 5.92 Å². The molecule has 0 saturated carbocycles. The Hall–Kier alpha value is -3.06. The number of carbonyl (C=O) groups excluding carboxylic acids is 2. The molecule has 2 aromatic carbocycles. The van der Waals surface area contributed by atoms with Crippen LogP contribution in [0.2, 0.25) is 0 Å². The zero-order valence-corrected chi connectivity index (χ0v) is 17.4. The Morgan fingerprint density at radius 2 is 1.83 bits per heavy atom. The number of ether oxygens (including phenoxy) is 2. The maximum Gasteiger partial charge on any atom is 0.243 e. The number of rotatable bonds is 9. The minimum Gasteiger partial charge on any atom is -0.491 e. The first-order valence-electron chi connectivity index (χ1n) is 10.3. The number of amides is 2. The van der Waals surface area contributed by atoms with Crippen LogP contribution in [-0.2, 0) is 14.3 Å². The zero-order chi connectivity index (χ0) is 21.3. The lowest BCUT2D eigenvalue weighted by atomic mass is 10.2.